The Labute approximate surface area is 217 Å². The number of rotatable bonds is 12. The summed E-state index contributed by atoms with van der Waals surface area (Å²) in [5.41, 5.74) is -3.75. The summed E-state index contributed by atoms with van der Waals surface area (Å²) >= 11 is 0. The number of hydrogen-bond donors (Lipinski definition) is 0. The van der Waals surface area contributed by atoms with Gasteiger partial charge in [-0.05, 0) is 31.2 Å². The van der Waals surface area contributed by atoms with Crippen LogP contribution < -0.4 is 4.74 Å². The van der Waals surface area contributed by atoms with Gasteiger partial charge < -0.3 is 9.47 Å². The number of hydrogen-bond acceptors (Lipinski definition) is 4. The lowest BCUT2D eigenvalue weighted by molar-refractivity contribution is -0.458. The molecule has 0 heterocycles. The van der Waals surface area contributed by atoms with E-state index in [9.17, 15) is 79.4 Å². The Balaban J connectivity index is 3.85. The predicted octanol–water partition coefficient (Wildman–Crippen LogP) is 7.73. The topological polar surface area (TPSA) is 47.9 Å². The van der Waals surface area contributed by atoms with Crippen molar-refractivity contribution in [1.29, 1.82) is 0 Å². The van der Waals surface area contributed by atoms with Crippen molar-refractivity contribution in [1.82, 2.24) is 0 Å². The van der Waals surface area contributed by atoms with E-state index in [1.54, 1.807) is 0 Å². The van der Waals surface area contributed by atoms with Gasteiger partial charge >= 0.3 is 53.6 Å². The molecular weight excluding hydrogens is 625 g/mol. The van der Waals surface area contributed by atoms with Gasteiger partial charge in [0, 0.05) is 0 Å². The van der Waals surface area contributed by atoms with Crippen LogP contribution in [0.25, 0.3) is 0 Å². The molecule has 0 aromatic heterocycles. The van der Waals surface area contributed by atoms with Gasteiger partial charge in [0.15, 0.2) is 0 Å². The van der Waals surface area contributed by atoms with Crippen LogP contribution in [0.2, 0.25) is 0 Å². The molecule has 1 aromatic carbocycles. The van der Waals surface area contributed by atoms with Gasteiger partial charge in [-0.2, -0.15) is 74.6 Å². The number of carbonyl (C=O) groups is 1. The van der Waals surface area contributed by atoms with Crippen molar-refractivity contribution in [3.05, 3.63) is 24.3 Å². The Kier molecular flexibility index (Phi) is 9.65. The molecule has 0 radical (unpaired) electrons. The van der Waals surface area contributed by atoms with Crippen LogP contribution in [0.5, 0.6) is 5.75 Å². The van der Waals surface area contributed by atoms with Crippen LogP contribution in [-0.4, -0.2) is 73.0 Å². The van der Waals surface area contributed by atoms with Gasteiger partial charge in [0.2, 0.25) is 0 Å². The third kappa shape index (κ3) is 5.71. The first-order valence-corrected chi connectivity index (χ1v) is 10.2. The summed E-state index contributed by atoms with van der Waals surface area (Å²) < 4.78 is 240. The monoisotopic (exact) mass is 639 g/mol. The van der Waals surface area contributed by atoms with Crippen molar-refractivity contribution in [2.75, 3.05) is 13.7 Å². The highest BCUT2D eigenvalue weighted by atomic mass is 19.4. The number of carbonyl (C=O) groups excluding carboxylic acids is 1. The third-order valence-corrected chi connectivity index (χ3v) is 5.04. The van der Waals surface area contributed by atoms with Crippen LogP contribution in [0.15, 0.2) is 29.3 Å². The van der Waals surface area contributed by atoms with Gasteiger partial charge in [0.25, 0.3) is 0 Å². The van der Waals surface area contributed by atoms with Gasteiger partial charge in [-0.15, -0.1) is 0 Å². The van der Waals surface area contributed by atoms with E-state index in [1.165, 1.54) is 0 Å². The molecule has 0 saturated carbocycles. The molecule has 1 rings (SSSR count). The molecule has 0 N–H and O–H groups in total. The molecule has 0 atom stereocenters. The van der Waals surface area contributed by atoms with Gasteiger partial charge in [0.05, 0.1) is 25.8 Å². The number of esters is 1. The van der Waals surface area contributed by atoms with Crippen molar-refractivity contribution in [2.45, 2.75) is 61.0 Å². The zero-order valence-electron chi connectivity index (χ0n) is 19.8. The van der Waals surface area contributed by atoms with Crippen molar-refractivity contribution < 1.29 is 88.9 Å². The summed E-state index contributed by atoms with van der Waals surface area (Å²) in [5, 5.41) is 0. The van der Waals surface area contributed by atoms with E-state index in [1.807, 2.05) is 0 Å². The summed E-state index contributed by atoms with van der Waals surface area (Å²) in [4.78, 5) is 14.3. The maximum Gasteiger partial charge on any atom is 0.460 e. The number of aliphatic imine (C=N–C) groups is 1. The molecule has 4 nitrogen and oxygen atoms in total. The van der Waals surface area contributed by atoms with Crippen molar-refractivity contribution in [2.24, 2.45) is 4.99 Å². The minimum Gasteiger partial charge on any atom is -0.497 e. The Morgan fingerprint density at radius 1 is 0.659 bits per heavy atom. The van der Waals surface area contributed by atoms with Crippen molar-refractivity contribution in [3.63, 3.8) is 0 Å². The molecule has 0 saturated heterocycles. The smallest absolute Gasteiger partial charge is 0.460 e. The van der Waals surface area contributed by atoms with Crippen LogP contribution in [0.3, 0.4) is 0 Å². The largest absolute Gasteiger partial charge is 0.497 e. The molecule has 21 heteroatoms. The first-order chi connectivity index (χ1) is 18.1. The number of nitrogens with zero attached hydrogens (tertiary/aromatic N) is 1. The van der Waals surface area contributed by atoms with E-state index >= 15 is 0 Å². The summed E-state index contributed by atoms with van der Waals surface area (Å²) in [5.74, 6) is -60.0. The highest BCUT2D eigenvalue weighted by molar-refractivity contribution is 6.04. The molecule has 0 aliphatic heterocycles. The molecular formula is C20H14F17NO3. The van der Waals surface area contributed by atoms with Crippen molar-refractivity contribution >= 4 is 17.4 Å². The lowest BCUT2D eigenvalue weighted by Gasteiger charge is -2.42. The zero-order valence-corrected chi connectivity index (χ0v) is 19.8. The van der Waals surface area contributed by atoms with E-state index in [4.69, 9.17) is 0 Å². The molecule has 0 amide bonds. The van der Waals surface area contributed by atoms with Crippen LogP contribution in [0, 0.1) is 0 Å². The molecule has 0 aliphatic carbocycles. The number of alkyl halides is 17. The quantitative estimate of drug-likeness (QED) is 0.134. The minimum atomic E-state index is -8.77. The first-order valence-electron chi connectivity index (χ1n) is 10.2. The minimum absolute atomic E-state index is 0.0713. The average molecular weight is 639 g/mol. The van der Waals surface area contributed by atoms with Gasteiger partial charge in [-0.1, -0.05) is 0 Å². The first kappa shape index (κ1) is 36.0. The second-order valence-corrected chi connectivity index (χ2v) is 7.76. The second-order valence-electron chi connectivity index (χ2n) is 7.76. The fraction of sp³-hybridized carbons (Fsp3) is 0.600. The van der Waals surface area contributed by atoms with E-state index < -0.39 is 78.0 Å². The molecule has 0 spiro atoms. The SMILES string of the molecule is CCOC(=O)CC(=Nc1ccc(OC)cc1)C(F)(F)C(F)(F)C(F)(F)C(F)(F)C(F)(F)C(F)(F)C(F)(F)C(F)(F)F. The molecule has 0 aliphatic rings. The van der Waals surface area contributed by atoms with E-state index in [0.717, 1.165) is 26.2 Å². The summed E-state index contributed by atoms with van der Waals surface area (Å²) in [6, 6.07) is 2.98. The Morgan fingerprint density at radius 3 is 1.41 bits per heavy atom. The molecule has 41 heavy (non-hydrogen) atoms. The Hall–Kier alpha value is -3.03. The average Bonchev–Trinajstić information content (AvgIpc) is 2.82. The number of benzene rings is 1. The van der Waals surface area contributed by atoms with Gasteiger partial charge in [-0.3, -0.25) is 9.79 Å². The molecule has 0 fully saturated rings. The van der Waals surface area contributed by atoms with Crippen LogP contribution in [0.4, 0.5) is 80.3 Å². The summed E-state index contributed by atoms with van der Waals surface area (Å²) in [6.45, 7) is 0.304. The normalized spacial score (nSPS) is 15.1. The van der Waals surface area contributed by atoms with E-state index in [2.05, 4.69) is 14.5 Å². The summed E-state index contributed by atoms with van der Waals surface area (Å²) in [7, 11) is 1.06. The fourth-order valence-electron chi connectivity index (χ4n) is 2.73. The zero-order chi connectivity index (χ0) is 32.7. The molecule has 236 valence electrons. The van der Waals surface area contributed by atoms with Crippen molar-refractivity contribution in [3.8, 4) is 5.75 Å². The molecule has 0 bridgehead atoms. The number of ether oxygens (including phenoxy) is 2. The lowest BCUT2D eigenvalue weighted by atomic mass is 9.87. The fourth-order valence-corrected chi connectivity index (χ4v) is 2.73. The standard InChI is InChI=1S/C20H14F17NO3/c1-3-41-12(39)8-11(38-9-4-6-10(40-2)7-5-9)13(21,22)14(23,24)15(25,26)16(27,28)17(29,30)18(31,32)19(33,34)20(35,36)37/h4-7H,3,8H2,1-2H3. The van der Waals surface area contributed by atoms with E-state index in [-0.39, 0.29) is 5.75 Å². The Morgan fingerprint density at radius 2 is 1.05 bits per heavy atom. The van der Waals surface area contributed by atoms with Gasteiger partial charge in [0.1, 0.15) is 11.5 Å². The lowest BCUT2D eigenvalue weighted by Crippen LogP contribution is -2.75. The van der Waals surface area contributed by atoms with Crippen LogP contribution in [-0.2, 0) is 9.53 Å². The maximum absolute atomic E-state index is 14.7. The van der Waals surface area contributed by atoms with Crippen LogP contribution >= 0.6 is 0 Å². The van der Waals surface area contributed by atoms with Crippen LogP contribution in [0.1, 0.15) is 13.3 Å². The third-order valence-electron chi connectivity index (χ3n) is 5.04. The number of methoxy groups -OCH3 is 1. The molecule has 0 unspecified atom stereocenters. The predicted molar refractivity (Wildman–Crippen MR) is 102 cm³/mol. The highest BCUT2D eigenvalue weighted by Gasteiger charge is 2.95. The number of halogens is 17. The van der Waals surface area contributed by atoms with E-state index in [0.29, 0.717) is 12.1 Å². The summed E-state index contributed by atoms with van der Waals surface area (Å²) in [6.07, 6.45) is -10.1. The maximum atomic E-state index is 14.7. The second kappa shape index (κ2) is 11.0. The Bertz CT molecular complexity index is 1110. The highest BCUT2D eigenvalue weighted by Crippen LogP contribution is 2.64. The van der Waals surface area contributed by atoms with Gasteiger partial charge in [-0.25, -0.2) is 0 Å². The molecule has 1 aromatic rings.